The molecule has 0 bridgehead atoms. The number of benzene rings is 1. The lowest BCUT2D eigenvalue weighted by molar-refractivity contribution is 0.106. The zero-order chi connectivity index (χ0) is 20.4. The minimum absolute atomic E-state index is 0.403. The van der Waals surface area contributed by atoms with Crippen molar-refractivity contribution in [2.24, 2.45) is 0 Å². The summed E-state index contributed by atoms with van der Waals surface area (Å²) < 4.78 is 11.6. The Labute approximate surface area is 175 Å². The minimum Gasteiger partial charge on any atom is -0.476 e. The van der Waals surface area contributed by atoms with Crippen LogP contribution in [0.2, 0.25) is 0 Å². The number of pyridine rings is 2. The van der Waals surface area contributed by atoms with Crippen LogP contribution in [0.25, 0.3) is 11.2 Å². The third kappa shape index (κ3) is 5.37. The van der Waals surface area contributed by atoms with E-state index in [0.29, 0.717) is 42.6 Å². The van der Waals surface area contributed by atoms with E-state index in [-0.39, 0.29) is 0 Å². The van der Waals surface area contributed by atoms with Gasteiger partial charge in [-0.3, -0.25) is 4.98 Å². The van der Waals surface area contributed by atoms with Gasteiger partial charge in [-0.15, -0.1) is 0 Å². The Morgan fingerprint density at radius 2 is 1.67 bits per heavy atom. The van der Waals surface area contributed by atoms with Crippen molar-refractivity contribution in [3.05, 3.63) is 90.0 Å². The van der Waals surface area contributed by atoms with Crippen molar-refractivity contribution in [2.45, 2.75) is 13.0 Å². The first-order valence-electron chi connectivity index (χ1n) is 9.68. The summed E-state index contributed by atoms with van der Waals surface area (Å²) in [4.78, 5) is 17.3. The highest BCUT2D eigenvalue weighted by molar-refractivity contribution is 5.71. The average molecular weight is 396 g/mol. The summed E-state index contributed by atoms with van der Waals surface area (Å²) in [6, 6.07) is 17.4. The van der Waals surface area contributed by atoms with Crippen LogP contribution in [0.3, 0.4) is 0 Å². The van der Waals surface area contributed by atoms with Crippen molar-refractivity contribution >= 4 is 11.2 Å². The first-order chi connectivity index (χ1) is 14.9. The normalized spacial score (nSPS) is 10.4. The first-order valence-corrected chi connectivity index (χ1v) is 9.68. The standard InChI is InChI=1S/C24H20N4O2/c1-2-6-20(7-3-1)18-29-16-5-17-30-24-22(10-9-19-11-14-25-15-12-19)27-23-21(28-24)8-4-13-26-23/h1-4,6-8,11-15H,5,16-18H2. The molecular weight excluding hydrogens is 376 g/mol. The van der Waals surface area contributed by atoms with Crippen molar-refractivity contribution < 1.29 is 9.47 Å². The zero-order valence-corrected chi connectivity index (χ0v) is 16.4. The van der Waals surface area contributed by atoms with Gasteiger partial charge in [-0.05, 0) is 35.7 Å². The molecule has 0 atom stereocenters. The number of nitrogens with zero attached hydrogens (tertiary/aromatic N) is 4. The van der Waals surface area contributed by atoms with Gasteiger partial charge in [0.15, 0.2) is 11.3 Å². The maximum absolute atomic E-state index is 5.89. The van der Waals surface area contributed by atoms with Gasteiger partial charge in [-0.1, -0.05) is 36.3 Å². The molecule has 0 saturated heterocycles. The smallest absolute Gasteiger partial charge is 0.249 e. The molecule has 0 fully saturated rings. The van der Waals surface area contributed by atoms with Gasteiger partial charge in [-0.25, -0.2) is 15.0 Å². The van der Waals surface area contributed by atoms with Crippen molar-refractivity contribution in [1.82, 2.24) is 19.9 Å². The number of aromatic nitrogens is 4. The average Bonchev–Trinajstić information content (AvgIpc) is 2.81. The molecule has 0 aliphatic rings. The molecule has 0 amide bonds. The highest BCUT2D eigenvalue weighted by atomic mass is 16.5. The molecule has 1 aromatic carbocycles. The molecule has 6 heteroatoms. The summed E-state index contributed by atoms with van der Waals surface area (Å²) in [5, 5.41) is 0. The van der Waals surface area contributed by atoms with Gasteiger partial charge in [0.25, 0.3) is 0 Å². The molecule has 4 rings (SSSR count). The Morgan fingerprint density at radius 1 is 0.800 bits per heavy atom. The molecule has 0 radical (unpaired) electrons. The maximum atomic E-state index is 5.89. The fraction of sp³-hybridized carbons (Fsp3) is 0.167. The number of ether oxygens (including phenoxy) is 2. The molecular formula is C24H20N4O2. The Kier molecular flexibility index (Phi) is 6.56. The van der Waals surface area contributed by atoms with E-state index >= 15 is 0 Å². The molecule has 0 spiro atoms. The lowest BCUT2D eigenvalue weighted by atomic mass is 10.2. The van der Waals surface area contributed by atoms with Crippen LogP contribution in [-0.4, -0.2) is 33.1 Å². The number of rotatable bonds is 7. The predicted octanol–water partition coefficient (Wildman–Crippen LogP) is 3.81. The summed E-state index contributed by atoms with van der Waals surface area (Å²) >= 11 is 0. The topological polar surface area (TPSA) is 70.0 Å². The Bertz CT molecular complexity index is 1160. The van der Waals surface area contributed by atoms with E-state index in [0.717, 1.165) is 17.5 Å². The summed E-state index contributed by atoms with van der Waals surface area (Å²) in [7, 11) is 0. The van der Waals surface area contributed by atoms with Crippen LogP contribution in [0.1, 0.15) is 23.2 Å². The highest BCUT2D eigenvalue weighted by Crippen LogP contribution is 2.17. The van der Waals surface area contributed by atoms with Crippen LogP contribution in [0, 0.1) is 11.8 Å². The molecule has 4 aromatic rings. The van der Waals surface area contributed by atoms with Gasteiger partial charge in [0, 0.05) is 30.6 Å². The van der Waals surface area contributed by atoms with Gasteiger partial charge in [0.1, 0.15) is 5.52 Å². The van der Waals surface area contributed by atoms with Crippen molar-refractivity contribution in [3.63, 3.8) is 0 Å². The van der Waals surface area contributed by atoms with Crippen LogP contribution in [0.5, 0.6) is 5.88 Å². The van der Waals surface area contributed by atoms with E-state index < -0.39 is 0 Å². The summed E-state index contributed by atoms with van der Waals surface area (Å²) in [5.41, 5.74) is 3.66. The van der Waals surface area contributed by atoms with Crippen LogP contribution >= 0.6 is 0 Å². The lowest BCUT2D eigenvalue weighted by Crippen LogP contribution is -2.06. The summed E-state index contributed by atoms with van der Waals surface area (Å²) in [5.74, 6) is 6.52. The molecule has 3 aromatic heterocycles. The van der Waals surface area contributed by atoms with Crippen molar-refractivity contribution in [2.75, 3.05) is 13.2 Å². The quantitative estimate of drug-likeness (QED) is 0.350. The first kappa shape index (κ1) is 19.5. The van der Waals surface area contributed by atoms with E-state index in [1.807, 2.05) is 54.6 Å². The molecule has 0 aliphatic carbocycles. The SMILES string of the molecule is C(#Cc1nc2ncccc2nc1OCCCOCc1ccccc1)c1ccncc1. The number of hydrogen-bond donors (Lipinski definition) is 0. The van der Waals surface area contributed by atoms with Gasteiger partial charge >= 0.3 is 0 Å². The number of fused-ring (bicyclic) bond motifs is 1. The van der Waals surface area contributed by atoms with Crippen molar-refractivity contribution in [3.8, 4) is 17.7 Å². The zero-order valence-electron chi connectivity index (χ0n) is 16.4. The summed E-state index contributed by atoms with van der Waals surface area (Å²) in [6.45, 7) is 1.64. The monoisotopic (exact) mass is 396 g/mol. The van der Waals surface area contributed by atoms with E-state index in [9.17, 15) is 0 Å². The second-order valence-corrected chi connectivity index (χ2v) is 6.45. The van der Waals surface area contributed by atoms with Crippen LogP contribution < -0.4 is 4.74 Å². The molecule has 148 valence electrons. The largest absolute Gasteiger partial charge is 0.476 e. The van der Waals surface area contributed by atoms with Crippen LogP contribution in [0.15, 0.2) is 73.2 Å². The molecule has 3 heterocycles. The van der Waals surface area contributed by atoms with E-state index in [1.54, 1.807) is 18.6 Å². The Morgan fingerprint density at radius 3 is 2.53 bits per heavy atom. The lowest BCUT2D eigenvalue weighted by Gasteiger charge is -2.08. The Hall–Kier alpha value is -3.82. The molecule has 0 saturated carbocycles. The Balaban J connectivity index is 1.41. The molecule has 6 nitrogen and oxygen atoms in total. The number of hydrogen-bond acceptors (Lipinski definition) is 6. The summed E-state index contributed by atoms with van der Waals surface area (Å²) in [6.07, 6.45) is 5.81. The third-order valence-electron chi connectivity index (χ3n) is 4.20. The van der Waals surface area contributed by atoms with E-state index in [4.69, 9.17) is 9.47 Å². The van der Waals surface area contributed by atoms with Crippen LogP contribution in [-0.2, 0) is 11.3 Å². The fourth-order valence-corrected chi connectivity index (χ4v) is 2.72. The predicted molar refractivity (Wildman–Crippen MR) is 114 cm³/mol. The third-order valence-corrected chi connectivity index (χ3v) is 4.20. The molecule has 0 aliphatic heterocycles. The molecule has 0 N–H and O–H groups in total. The second-order valence-electron chi connectivity index (χ2n) is 6.45. The van der Waals surface area contributed by atoms with Gasteiger partial charge < -0.3 is 9.47 Å². The minimum atomic E-state index is 0.403. The maximum Gasteiger partial charge on any atom is 0.249 e. The molecule has 0 unspecified atom stereocenters. The molecule has 30 heavy (non-hydrogen) atoms. The fourth-order valence-electron chi connectivity index (χ4n) is 2.72. The van der Waals surface area contributed by atoms with Gasteiger partial charge in [-0.2, -0.15) is 0 Å². The van der Waals surface area contributed by atoms with Gasteiger partial charge in [0.05, 0.1) is 19.8 Å². The van der Waals surface area contributed by atoms with Gasteiger partial charge in [0.2, 0.25) is 5.88 Å². The van der Waals surface area contributed by atoms with Crippen LogP contribution in [0.4, 0.5) is 0 Å². The van der Waals surface area contributed by atoms with E-state index in [1.165, 1.54) is 0 Å². The highest BCUT2D eigenvalue weighted by Gasteiger charge is 2.09. The second kappa shape index (κ2) is 10.1. The van der Waals surface area contributed by atoms with Crippen molar-refractivity contribution in [1.29, 1.82) is 0 Å². The van der Waals surface area contributed by atoms with E-state index in [2.05, 4.69) is 31.8 Å².